The predicted octanol–water partition coefficient (Wildman–Crippen LogP) is 3.36. The lowest BCUT2D eigenvalue weighted by Gasteiger charge is -2.00. The van der Waals surface area contributed by atoms with Crippen LogP contribution < -0.4 is 0 Å². The SMILES string of the molecule is Cc1nnc(-c2cc3c(C=Cc4cccnc4)n[nH]c3cc2F)[nH]1. The summed E-state index contributed by atoms with van der Waals surface area (Å²) in [5.41, 5.74) is 2.66. The molecule has 4 rings (SSSR count). The summed E-state index contributed by atoms with van der Waals surface area (Å²) in [6, 6.07) is 6.94. The second kappa shape index (κ2) is 5.69. The number of halogens is 1. The van der Waals surface area contributed by atoms with E-state index in [1.807, 2.05) is 24.3 Å². The number of aromatic nitrogens is 6. The zero-order chi connectivity index (χ0) is 16.5. The van der Waals surface area contributed by atoms with Gasteiger partial charge in [0.15, 0.2) is 5.82 Å². The van der Waals surface area contributed by atoms with Crippen molar-refractivity contribution >= 4 is 23.1 Å². The molecule has 118 valence electrons. The van der Waals surface area contributed by atoms with Gasteiger partial charge in [-0.25, -0.2) is 4.39 Å². The van der Waals surface area contributed by atoms with Crippen LogP contribution in [0.5, 0.6) is 0 Å². The van der Waals surface area contributed by atoms with Crippen LogP contribution in [0.4, 0.5) is 4.39 Å². The predicted molar refractivity (Wildman–Crippen MR) is 89.3 cm³/mol. The number of rotatable bonds is 3. The maximum atomic E-state index is 14.3. The summed E-state index contributed by atoms with van der Waals surface area (Å²) in [7, 11) is 0. The minimum atomic E-state index is -0.384. The van der Waals surface area contributed by atoms with Gasteiger partial charge in [0.1, 0.15) is 11.6 Å². The minimum absolute atomic E-state index is 0.362. The van der Waals surface area contributed by atoms with Gasteiger partial charge >= 0.3 is 0 Å². The summed E-state index contributed by atoms with van der Waals surface area (Å²) >= 11 is 0. The van der Waals surface area contributed by atoms with E-state index in [2.05, 4.69) is 30.4 Å². The molecule has 7 heteroatoms. The van der Waals surface area contributed by atoms with Gasteiger partial charge in [-0.3, -0.25) is 10.1 Å². The number of hydrogen-bond acceptors (Lipinski definition) is 4. The van der Waals surface area contributed by atoms with Crippen molar-refractivity contribution in [1.29, 1.82) is 0 Å². The molecule has 0 saturated carbocycles. The molecule has 3 aromatic heterocycles. The smallest absolute Gasteiger partial charge is 0.164 e. The maximum Gasteiger partial charge on any atom is 0.164 e. The standard InChI is InChI=1S/C17H13FN6/c1-10-20-17(24-21-10)12-7-13-15(22-23-16(13)8-14(12)18)5-4-11-3-2-6-19-9-11/h2-9H,1H3,(H,22,23)(H,20,21,24). The lowest BCUT2D eigenvalue weighted by Crippen LogP contribution is -1.87. The second-order valence-corrected chi connectivity index (χ2v) is 5.37. The maximum absolute atomic E-state index is 14.3. The summed E-state index contributed by atoms with van der Waals surface area (Å²) in [4.78, 5) is 7.01. The van der Waals surface area contributed by atoms with Crippen LogP contribution in [0.1, 0.15) is 17.1 Å². The van der Waals surface area contributed by atoms with Crippen LogP contribution in [0.3, 0.4) is 0 Å². The molecule has 0 saturated heterocycles. The Kier molecular flexibility index (Phi) is 3.38. The van der Waals surface area contributed by atoms with Gasteiger partial charge in [-0.05, 0) is 30.7 Å². The summed E-state index contributed by atoms with van der Waals surface area (Å²) in [5.74, 6) is 0.647. The van der Waals surface area contributed by atoms with Gasteiger partial charge in [0.2, 0.25) is 0 Å². The summed E-state index contributed by atoms with van der Waals surface area (Å²) in [5, 5.41) is 15.7. The van der Waals surface area contributed by atoms with Gasteiger partial charge in [0, 0.05) is 23.8 Å². The largest absolute Gasteiger partial charge is 0.325 e. The molecular weight excluding hydrogens is 307 g/mol. The molecule has 1 aromatic carbocycles. The van der Waals surface area contributed by atoms with Crippen molar-refractivity contribution in [1.82, 2.24) is 30.4 Å². The van der Waals surface area contributed by atoms with E-state index in [4.69, 9.17) is 0 Å². The van der Waals surface area contributed by atoms with Crippen molar-refractivity contribution in [2.45, 2.75) is 6.92 Å². The number of nitrogens with one attached hydrogen (secondary N) is 2. The molecule has 3 heterocycles. The van der Waals surface area contributed by atoms with E-state index in [0.717, 1.165) is 10.9 Å². The molecule has 6 nitrogen and oxygen atoms in total. The molecule has 0 unspecified atom stereocenters. The first-order valence-corrected chi connectivity index (χ1v) is 7.36. The van der Waals surface area contributed by atoms with Crippen molar-refractivity contribution in [3.63, 3.8) is 0 Å². The lowest BCUT2D eigenvalue weighted by molar-refractivity contribution is 0.631. The van der Waals surface area contributed by atoms with E-state index in [-0.39, 0.29) is 5.82 Å². The van der Waals surface area contributed by atoms with Crippen LogP contribution in [0.2, 0.25) is 0 Å². The fourth-order valence-electron chi connectivity index (χ4n) is 2.48. The zero-order valence-corrected chi connectivity index (χ0v) is 12.8. The average Bonchev–Trinajstić information content (AvgIpc) is 3.19. The molecule has 2 N–H and O–H groups in total. The van der Waals surface area contributed by atoms with E-state index in [9.17, 15) is 4.39 Å². The number of nitrogens with zero attached hydrogens (tertiary/aromatic N) is 4. The van der Waals surface area contributed by atoms with E-state index in [0.29, 0.717) is 28.4 Å². The third kappa shape index (κ3) is 2.56. The first kappa shape index (κ1) is 14.3. The Hall–Kier alpha value is -3.35. The van der Waals surface area contributed by atoms with Gasteiger partial charge in [0.05, 0.1) is 16.8 Å². The molecule has 0 radical (unpaired) electrons. The first-order valence-electron chi connectivity index (χ1n) is 7.36. The number of fused-ring (bicyclic) bond motifs is 1. The fourth-order valence-corrected chi connectivity index (χ4v) is 2.48. The van der Waals surface area contributed by atoms with Gasteiger partial charge < -0.3 is 4.98 Å². The lowest BCUT2D eigenvalue weighted by atomic mass is 10.1. The number of aryl methyl sites for hydroxylation is 1. The van der Waals surface area contributed by atoms with Crippen molar-refractivity contribution in [2.24, 2.45) is 0 Å². The Bertz CT molecular complexity index is 1030. The van der Waals surface area contributed by atoms with Crippen LogP contribution in [-0.4, -0.2) is 30.4 Å². The molecule has 0 spiro atoms. The average molecular weight is 320 g/mol. The summed E-state index contributed by atoms with van der Waals surface area (Å²) in [6.45, 7) is 1.77. The van der Waals surface area contributed by atoms with E-state index >= 15 is 0 Å². The van der Waals surface area contributed by atoms with Crippen molar-refractivity contribution in [3.8, 4) is 11.4 Å². The summed E-state index contributed by atoms with van der Waals surface area (Å²) < 4.78 is 14.3. The topological polar surface area (TPSA) is 83.1 Å². The first-order chi connectivity index (χ1) is 11.7. The molecule has 0 amide bonds. The second-order valence-electron chi connectivity index (χ2n) is 5.37. The van der Waals surface area contributed by atoms with E-state index in [1.165, 1.54) is 6.07 Å². The minimum Gasteiger partial charge on any atom is -0.325 e. The number of benzene rings is 1. The Morgan fingerprint density at radius 1 is 1.17 bits per heavy atom. The third-order valence-electron chi connectivity index (χ3n) is 3.65. The van der Waals surface area contributed by atoms with Gasteiger partial charge in [-0.1, -0.05) is 12.1 Å². The zero-order valence-electron chi connectivity index (χ0n) is 12.8. The molecular formula is C17H13FN6. The van der Waals surface area contributed by atoms with Gasteiger partial charge in [0.25, 0.3) is 0 Å². The van der Waals surface area contributed by atoms with Crippen LogP contribution in [0.15, 0.2) is 36.7 Å². The quantitative estimate of drug-likeness (QED) is 0.606. The van der Waals surface area contributed by atoms with E-state index < -0.39 is 0 Å². The highest BCUT2D eigenvalue weighted by molar-refractivity contribution is 5.92. The number of H-pyrrole nitrogens is 2. The highest BCUT2D eigenvalue weighted by Crippen LogP contribution is 2.27. The number of hydrogen-bond donors (Lipinski definition) is 2. The Morgan fingerprint density at radius 3 is 2.83 bits per heavy atom. The molecule has 0 bridgehead atoms. The number of aromatic amines is 2. The molecule has 0 aliphatic heterocycles. The van der Waals surface area contributed by atoms with Gasteiger partial charge in [-0.2, -0.15) is 5.10 Å². The van der Waals surface area contributed by atoms with Crippen LogP contribution >= 0.6 is 0 Å². The molecule has 0 aliphatic rings. The van der Waals surface area contributed by atoms with Crippen LogP contribution in [0.25, 0.3) is 34.4 Å². The Labute approximate surface area is 136 Å². The molecule has 24 heavy (non-hydrogen) atoms. The summed E-state index contributed by atoms with van der Waals surface area (Å²) in [6.07, 6.45) is 7.25. The molecule has 0 aliphatic carbocycles. The molecule has 4 aromatic rings. The molecule has 0 atom stereocenters. The molecule has 0 fully saturated rings. The van der Waals surface area contributed by atoms with Gasteiger partial charge in [-0.15, -0.1) is 10.2 Å². The van der Waals surface area contributed by atoms with Crippen molar-refractivity contribution in [3.05, 3.63) is 59.6 Å². The van der Waals surface area contributed by atoms with Crippen LogP contribution in [0, 0.1) is 12.7 Å². The monoisotopic (exact) mass is 320 g/mol. The fraction of sp³-hybridized carbons (Fsp3) is 0.0588. The normalized spacial score (nSPS) is 11.6. The third-order valence-corrected chi connectivity index (χ3v) is 3.65. The number of pyridine rings is 1. The Morgan fingerprint density at radius 2 is 2.08 bits per heavy atom. The van der Waals surface area contributed by atoms with Crippen molar-refractivity contribution < 1.29 is 4.39 Å². The highest BCUT2D eigenvalue weighted by Gasteiger charge is 2.13. The van der Waals surface area contributed by atoms with Crippen molar-refractivity contribution in [2.75, 3.05) is 0 Å². The highest BCUT2D eigenvalue weighted by atomic mass is 19.1. The van der Waals surface area contributed by atoms with Crippen LogP contribution in [-0.2, 0) is 0 Å². The van der Waals surface area contributed by atoms with E-state index in [1.54, 1.807) is 25.4 Å². The Balaban J connectivity index is 1.79.